The molecule has 2 fully saturated rings. The van der Waals surface area contributed by atoms with Crippen LogP contribution in [0.5, 0.6) is 0 Å². The summed E-state index contributed by atoms with van der Waals surface area (Å²) in [5, 5.41) is 0. The van der Waals surface area contributed by atoms with Crippen molar-refractivity contribution in [1.82, 2.24) is 0 Å². The van der Waals surface area contributed by atoms with Gasteiger partial charge in [-0.1, -0.05) is 20.8 Å². The molecule has 2 aliphatic carbocycles. The summed E-state index contributed by atoms with van der Waals surface area (Å²) in [6.07, 6.45) is 4.48. The molecule has 10 heavy (non-hydrogen) atoms. The molecule has 58 valence electrons. The highest BCUT2D eigenvalue weighted by Crippen LogP contribution is 2.60. The molecule has 0 nitrogen and oxygen atoms in total. The van der Waals surface area contributed by atoms with Gasteiger partial charge in [0.05, 0.1) is 0 Å². The van der Waals surface area contributed by atoms with Crippen LogP contribution in [0.25, 0.3) is 0 Å². The van der Waals surface area contributed by atoms with Crippen molar-refractivity contribution in [1.29, 1.82) is 0 Å². The van der Waals surface area contributed by atoms with Gasteiger partial charge in [-0.3, -0.25) is 0 Å². The fraction of sp³-hybridized carbons (Fsp3) is 1.00. The highest BCUT2D eigenvalue weighted by Gasteiger charge is 2.52. The second kappa shape index (κ2) is 1.78. The fourth-order valence-electron chi connectivity index (χ4n) is 2.74. The summed E-state index contributed by atoms with van der Waals surface area (Å²) in [4.78, 5) is 0. The van der Waals surface area contributed by atoms with Gasteiger partial charge in [0.1, 0.15) is 0 Å². The molecule has 0 spiro atoms. The maximum Gasteiger partial charge on any atom is -0.0323 e. The molecule has 3 atom stereocenters. The van der Waals surface area contributed by atoms with E-state index < -0.39 is 0 Å². The molecule has 0 saturated heterocycles. The summed E-state index contributed by atoms with van der Waals surface area (Å²) in [7, 11) is 0. The minimum atomic E-state index is 0.692. The van der Waals surface area contributed by atoms with E-state index in [-0.39, 0.29) is 0 Å². The summed E-state index contributed by atoms with van der Waals surface area (Å²) < 4.78 is 0. The largest absolute Gasteiger partial charge is 0.0622 e. The van der Waals surface area contributed by atoms with Crippen LogP contribution in [0.2, 0.25) is 0 Å². The van der Waals surface area contributed by atoms with Gasteiger partial charge in [0, 0.05) is 0 Å². The first kappa shape index (κ1) is 6.69. The Morgan fingerprint density at radius 1 is 1.30 bits per heavy atom. The molecule has 0 heteroatoms. The minimum Gasteiger partial charge on any atom is -0.0622 e. The molecule has 0 heterocycles. The van der Waals surface area contributed by atoms with Crippen molar-refractivity contribution in [3.8, 4) is 0 Å². The molecular formula is C10H18. The average Bonchev–Trinajstić information content (AvgIpc) is 2.58. The zero-order valence-electron chi connectivity index (χ0n) is 7.35. The van der Waals surface area contributed by atoms with Crippen LogP contribution < -0.4 is 0 Å². The van der Waals surface area contributed by atoms with Gasteiger partial charge < -0.3 is 0 Å². The standard InChI is InChI=1S/C10H18/c1-7-4-5-10(2,3)9-6-8(7)9/h7-9H,4-6H2,1-3H3. The average molecular weight is 138 g/mol. The smallest absolute Gasteiger partial charge is 0.0323 e. The lowest BCUT2D eigenvalue weighted by atomic mass is 9.73. The van der Waals surface area contributed by atoms with Crippen molar-refractivity contribution in [3.63, 3.8) is 0 Å². The number of hydrogen-bond donors (Lipinski definition) is 0. The molecule has 2 rings (SSSR count). The quantitative estimate of drug-likeness (QED) is 0.482. The lowest BCUT2D eigenvalue weighted by Crippen LogP contribution is -2.23. The monoisotopic (exact) mass is 138 g/mol. The highest BCUT2D eigenvalue weighted by atomic mass is 14.6. The molecule has 2 aliphatic rings. The zero-order valence-corrected chi connectivity index (χ0v) is 7.35. The topological polar surface area (TPSA) is 0 Å². The van der Waals surface area contributed by atoms with Gasteiger partial charge in [0.2, 0.25) is 0 Å². The Hall–Kier alpha value is 0. The number of rotatable bonds is 0. The van der Waals surface area contributed by atoms with Gasteiger partial charge >= 0.3 is 0 Å². The van der Waals surface area contributed by atoms with E-state index in [1.165, 1.54) is 19.3 Å². The highest BCUT2D eigenvalue weighted by molar-refractivity contribution is 5.01. The third kappa shape index (κ3) is 0.810. The van der Waals surface area contributed by atoms with Crippen molar-refractivity contribution >= 4 is 0 Å². The number of fused-ring (bicyclic) bond motifs is 1. The van der Waals surface area contributed by atoms with E-state index in [2.05, 4.69) is 20.8 Å². The van der Waals surface area contributed by atoms with Crippen LogP contribution in [0.4, 0.5) is 0 Å². The molecule has 0 aromatic carbocycles. The van der Waals surface area contributed by atoms with E-state index in [9.17, 15) is 0 Å². The van der Waals surface area contributed by atoms with Gasteiger partial charge in [0.25, 0.3) is 0 Å². The Balaban J connectivity index is 2.09. The van der Waals surface area contributed by atoms with Crippen LogP contribution in [0, 0.1) is 23.2 Å². The van der Waals surface area contributed by atoms with Crippen LogP contribution in [0.15, 0.2) is 0 Å². The Kier molecular flexibility index (Phi) is 1.19. The lowest BCUT2D eigenvalue weighted by Gasteiger charge is -2.32. The van der Waals surface area contributed by atoms with Gasteiger partial charge in [0.15, 0.2) is 0 Å². The van der Waals surface area contributed by atoms with Crippen molar-refractivity contribution < 1.29 is 0 Å². The maximum absolute atomic E-state index is 2.45. The van der Waals surface area contributed by atoms with Crippen LogP contribution in [-0.4, -0.2) is 0 Å². The fourth-order valence-corrected chi connectivity index (χ4v) is 2.74. The number of hydrogen-bond acceptors (Lipinski definition) is 0. The van der Waals surface area contributed by atoms with Crippen molar-refractivity contribution in [2.45, 2.75) is 40.0 Å². The summed E-state index contributed by atoms with van der Waals surface area (Å²) in [6, 6.07) is 0. The second-order valence-electron chi connectivity index (χ2n) is 5.01. The second-order valence-corrected chi connectivity index (χ2v) is 5.01. The van der Waals surface area contributed by atoms with Gasteiger partial charge in [-0.05, 0) is 42.4 Å². The van der Waals surface area contributed by atoms with E-state index in [0.29, 0.717) is 5.41 Å². The molecule has 0 radical (unpaired) electrons. The first-order valence-corrected chi connectivity index (χ1v) is 4.61. The third-order valence-corrected chi connectivity index (χ3v) is 3.82. The molecule has 2 saturated carbocycles. The first-order valence-electron chi connectivity index (χ1n) is 4.61. The van der Waals surface area contributed by atoms with Crippen LogP contribution in [0.1, 0.15) is 40.0 Å². The molecule has 0 aromatic heterocycles. The van der Waals surface area contributed by atoms with Gasteiger partial charge in [-0.25, -0.2) is 0 Å². The van der Waals surface area contributed by atoms with Crippen LogP contribution >= 0.6 is 0 Å². The normalized spacial score (nSPS) is 50.1. The van der Waals surface area contributed by atoms with Crippen molar-refractivity contribution in [3.05, 3.63) is 0 Å². The predicted octanol–water partition coefficient (Wildman–Crippen LogP) is 3.08. The van der Waals surface area contributed by atoms with E-state index in [0.717, 1.165) is 17.8 Å². The molecular weight excluding hydrogens is 120 g/mol. The first-order chi connectivity index (χ1) is 4.61. The lowest BCUT2D eigenvalue weighted by molar-refractivity contribution is 0.182. The van der Waals surface area contributed by atoms with Crippen molar-refractivity contribution in [2.24, 2.45) is 23.2 Å². The van der Waals surface area contributed by atoms with Crippen LogP contribution in [-0.2, 0) is 0 Å². The van der Waals surface area contributed by atoms with Crippen molar-refractivity contribution in [2.75, 3.05) is 0 Å². The summed E-state index contributed by atoms with van der Waals surface area (Å²) in [6.45, 7) is 7.33. The SMILES string of the molecule is CC1CCC(C)(C)C2CC12. The Morgan fingerprint density at radius 3 is 2.60 bits per heavy atom. The minimum absolute atomic E-state index is 0.692. The van der Waals surface area contributed by atoms with Gasteiger partial charge in [-0.2, -0.15) is 0 Å². The molecule has 0 aliphatic heterocycles. The molecule has 0 bridgehead atoms. The zero-order chi connectivity index (χ0) is 7.35. The molecule has 0 amide bonds. The van der Waals surface area contributed by atoms with E-state index in [4.69, 9.17) is 0 Å². The predicted molar refractivity (Wildman–Crippen MR) is 43.8 cm³/mol. The van der Waals surface area contributed by atoms with E-state index in [1.54, 1.807) is 0 Å². The Bertz CT molecular complexity index is 146. The molecule has 0 aromatic rings. The Labute approximate surface area is 64.0 Å². The van der Waals surface area contributed by atoms with E-state index in [1.807, 2.05) is 0 Å². The third-order valence-electron chi connectivity index (χ3n) is 3.82. The summed E-state index contributed by atoms with van der Waals surface area (Å²) in [5.41, 5.74) is 0.692. The molecule has 0 N–H and O–H groups in total. The maximum atomic E-state index is 2.45. The van der Waals surface area contributed by atoms with Gasteiger partial charge in [-0.15, -0.1) is 0 Å². The van der Waals surface area contributed by atoms with E-state index >= 15 is 0 Å². The Morgan fingerprint density at radius 2 is 2.00 bits per heavy atom. The molecule has 3 unspecified atom stereocenters. The summed E-state index contributed by atoms with van der Waals surface area (Å²) >= 11 is 0. The van der Waals surface area contributed by atoms with Crippen LogP contribution in [0.3, 0.4) is 0 Å². The summed E-state index contributed by atoms with van der Waals surface area (Å²) in [5.74, 6) is 3.25.